The lowest BCUT2D eigenvalue weighted by Crippen LogP contribution is -2.50. The molecule has 2 saturated heterocycles. The summed E-state index contributed by atoms with van der Waals surface area (Å²) in [5.74, 6) is 1.90. The molecule has 0 N–H and O–H groups in total. The number of rotatable bonds is 8. The smallest absolute Gasteiger partial charge is 0.289 e. The van der Waals surface area contributed by atoms with Gasteiger partial charge in [0.1, 0.15) is 11.5 Å². The van der Waals surface area contributed by atoms with Crippen LogP contribution >= 0.6 is 0 Å². The molecule has 8 nitrogen and oxygen atoms in total. The van der Waals surface area contributed by atoms with E-state index >= 15 is 0 Å². The van der Waals surface area contributed by atoms with Crippen LogP contribution in [0.25, 0.3) is 0 Å². The number of furan rings is 1. The van der Waals surface area contributed by atoms with Crippen molar-refractivity contribution in [3.63, 3.8) is 0 Å². The van der Waals surface area contributed by atoms with Crippen LogP contribution in [0, 0.1) is 0 Å². The molecule has 2 aliphatic rings. The number of hydrogen-bond donors (Lipinski definition) is 0. The second-order valence-electron chi connectivity index (χ2n) is 11.6. The molecule has 0 unspecified atom stereocenters. The van der Waals surface area contributed by atoms with Crippen LogP contribution in [-0.4, -0.2) is 80.0 Å². The second kappa shape index (κ2) is 13.0. The number of nitrogens with zero attached hydrogens (tertiary/aromatic N) is 3. The lowest BCUT2D eigenvalue weighted by atomic mass is 9.69. The Hall–Kier alpha value is -4.56. The summed E-state index contributed by atoms with van der Waals surface area (Å²) in [6.45, 7) is 4.67. The van der Waals surface area contributed by atoms with Crippen LogP contribution in [0.2, 0.25) is 0 Å². The first-order chi connectivity index (χ1) is 21.5. The van der Waals surface area contributed by atoms with Gasteiger partial charge in [0, 0.05) is 50.2 Å². The van der Waals surface area contributed by atoms with Gasteiger partial charge in [0.15, 0.2) is 5.76 Å². The van der Waals surface area contributed by atoms with Crippen LogP contribution in [-0.2, 0) is 12.0 Å². The zero-order valence-corrected chi connectivity index (χ0v) is 25.4. The number of benzene rings is 3. The summed E-state index contributed by atoms with van der Waals surface area (Å²) in [6.07, 6.45) is 3.62. The molecule has 3 aromatic carbocycles. The molecule has 0 atom stereocenters. The van der Waals surface area contributed by atoms with E-state index in [9.17, 15) is 9.59 Å². The Bertz CT molecular complexity index is 1490. The molecule has 0 aliphatic carbocycles. The third-order valence-electron chi connectivity index (χ3n) is 9.05. The van der Waals surface area contributed by atoms with Crippen molar-refractivity contribution in [1.29, 1.82) is 0 Å². The van der Waals surface area contributed by atoms with Gasteiger partial charge in [0.05, 0.1) is 20.5 Å². The van der Waals surface area contributed by atoms with Gasteiger partial charge in [-0.2, -0.15) is 0 Å². The molecular formula is C36H39N3O5. The van der Waals surface area contributed by atoms with Gasteiger partial charge in [-0.25, -0.2) is 0 Å². The Labute approximate surface area is 258 Å². The SMILES string of the molecule is COc1ccc(C2(c3ccc(OC)cc3)CCCN(Cc3ccc(C(=O)N4CCN(C(=O)c5ccco5)CC4)cc3)C2)cc1. The number of carbonyl (C=O) groups is 2. The van der Waals surface area contributed by atoms with E-state index in [0.29, 0.717) is 37.5 Å². The van der Waals surface area contributed by atoms with Crippen molar-refractivity contribution < 1.29 is 23.5 Å². The maximum atomic E-state index is 13.3. The number of piperidine rings is 1. The second-order valence-corrected chi connectivity index (χ2v) is 11.6. The van der Waals surface area contributed by atoms with Gasteiger partial charge in [-0.05, 0) is 84.6 Å². The lowest BCUT2D eigenvalue weighted by Gasteiger charge is -2.44. The van der Waals surface area contributed by atoms with Crippen LogP contribution in [0.15, 0.2) is 95.6 Å². The summed E-state index contributed by atoms with van der Waals surface area (Å²) in [7, 11) is 3.39. The number of ether oxygens (including phenoxy) is 2. The molecule has 0 saturated carbocycles. The van der Waals surface area contributed by atoms with Crippen molar-refractivity contribution in [1.82, 2.24) is 14.7 Å². The van der Waals surface area contributed by atoms with Crippen LogP contribution in [0.4, 0.5) is 0 Å². The molecular weight excluding hydrogens is 554 g/mol. The Morgan fingerprint density at radius 3 is 1.82 bits per heavy atom. The third kappa shape index (κ3) is 6.08. The summed E-state index contributed by atoms with van der Waals surface area (Å²) in [4.78, 5) is 31.9. The Morgan fingerprint density at radius 2 is 1.30 bits per heavy atom. The van der Waals surface area contributed by atoms with Crippen LogP contribution in [0.1, 0.15) is 50.4 Å². The van der Waals surface area contributed by atoms with Crippen LogP contribution in [0.3, 0.4) is 0 Å². The summed E-state index contributed by atoms with van der Waals surface area (Å²) >= 11 is 0. The van der Waals surface area contributed by atoms with Gasteiger partial charge in [0.2, 0.25) is 0 Å². The predicted molar refractivity (Wildman–Crippen MR) is 168 cm³/mol. The lowest BCUT2D eigenvalue weighted by molar-refractivity contribution is 0.0518. The minimum Gasteiger partial charge on any atom is -0.497 e. The molecule has 1 aromatic heterocycles. The molecule has 2 aliphatic heterocycles. The van der Waals surface area contributed by atoms with Gasteiger partial charge < -0.3 is 23.7 Å². The van der Waals surface area contributed by atoms with Crippen LogP contribution in [0.5, 0.6) is 11.5 Å². The van der Waals surface area contributed by atoms with E-state index in [2.05, 4.69) is 41.3 Å². The summed E-state index contributed by atoms with van der Waals surface area (Å²) < 4.78 is 16.1. The fourth-order valence-corrected chi connectivity index (χ4v) is 6.60. The van der Waals surface area contributed by atoms with E-state index in [0.717, 1.165) is 44.0 Å². The average Bonchev–Trinajstić information content (AvgIpc) is 3.64. The van der Waals surface area contributed by atoms with Gasteiger partial charge in [-0.1, -0.05) is 36.4 Å². The number of methoxy groups -OCH3 is 2. The Morgan fingerprint density at radius 1 is 0.727 bits per heavy atom. The monoisotopic (exact) mass is 593 g/mol. The van der Waals surface area contributed by atoms with E-state index < -0.39 is 0 Å². The first-order valence-corrected chi connectivity index (χ1v) is 15.2. The van der Waals surface area contributed by atoms with Gasteiger partial charge in [-0.15, -0.1) is 0 Å². The fourth-order valence-electron chi connectivity index (χ4n) is 6.60. The number of carbonyl (C=O) groups excluding carboxylic acids is 2. The highest BCUT2D eigenvalue weighted by atomic mass is 16.5. The maximum Gasteiger partial charge on any atom is 0.289 e. The average molecular weight is 594 g/mol. The summed E-state index contributed by atoms with van der Waals surface area (Å²) in [6, 6.07) is 28.4. The van der Waals surface area contributed by atoms with E-state index in [1.807, 2.05) is 41.3 Å². The highest BCUT2D eigenvalue weighted by Crippen LogP contribution is 2.42. The van der Waals surface area contributed by atoms with Crippen molar-refractivity contribution in [2.24, 2.45) is 0 Å². The minimum atomic E-state index is -0.160. The highest BCUT2D eigenvalue weighted by molar-refractivity contribution is 5.95. The first kappa shape index (κ1) is 29.5. The zero-order chi connectivity index (χ0) is 30.5. The molecule has 8 heteroatoms. The van der Waals surface area contributed by atoms with Crippen LogP contribution < -0.4 is 9.47 Å². The Balaban J connectivity index is 1.13. The molecule has 4 aromatic rings. The molecule has 228 valence electrons. The number of hydrogen-bond acceptors (Lipinski definition) is 6. The Kier molecular flexibility index (Phi) is 8.70. The minimum absolute atomic E-state index is 0.00218. The fraction of sp³-hybridized carbons (Fsp3) is 0.333. The molecule has 0 bridgehead atoms. The first-order valence-electron chi connectivity index (χ1n) is 15.2. The predicted octanol–water partition coefficient (Wildman–Crippen LogP) is 5.48. The molecule has 2 amide bonds. The van der Waals surface area contributed by atoms with Crippen molar-refractivity contribution >= 4 is 11.8 Å². The van der Waals surface area contributed by atoms with Crippen molar-refractivity contribution in [3.05, 3.63) is 119 Å². The number of piperazine rings is 1. The normalized spacial score (nSPS) is 16.9. The standard InChI is InChI=1S/C36H39N3O5/c1-42-31-14-10-29(11-15-31)36(30-12-16-32(43-2)17-13-30)18-4-19-37(26-36)25-27-6-8-28(9-7-27)34(40)38-20-22-39(23-21-38)35(41)33-5-3-24-44-33/h3,5-17,24H,4,18-23,25-26H2,1-2H3. The highest BCUT2D eigenvalue weighted by Gasteiger charge is 2.39. The summed E-state index contributed by atoms with van der Waals surface area (Å²) in [5.41, 5.74) is 4.24. The molecule has 2 fully saturated rings. The van der Waals surface area contributed by atoms with Gasteiger partial charge in [0.25, 0.3) is 11.8 Å². The summed E-state index contributed by atoms with van der Waals surface area (Å²) in [5, 5.41) is 0. The number of amides is 2. The van der Waals surface area contributed by atoms with E-state index in [-0.39, 0.29) is 17.2 Å². The zero-order valence-electron chi connectivity index (χ0n) is 25.4. The molecule has 3 heterocycles. The van der Waals surface area contributed by atoms with Gasteiger partial charge >= 0.3 is 0 Å². The molecule has 0 spiro atoms. The van der Waals surface area contributed by atoms with Crippen molar-refractivity contribution in [2.75, 3.05) is 53.5 Å². The quantitative estimate of drug-likeness (QED) is 0.270. The van der Waals surface area contributed by atoms with Crippen molar-refractivity contribution in [3.8, 4) is 11.5 Å². The largest absolute Gasteiger partial charge is 0.497 e. The van der Waals surface area contributed by atoms with E-state index in [1.54, 1.807) is 31.3 Å². The van der Waals surface area contributed by atoms with E-state index in [4.69, 9.17) is 13.9 Å². The molecule has 6 rings (SSSR count). The topological polar surface area (TPSA) is 75.5 Å². The van der Waals surface area contributed by atoms with Gasteiger partial charge in [-0.3, -0.25) is 14.5 Å². The third-order valence-corrected chi connectivity index (χ3v) is 9.05. The maximum absolute atomic E-state index is 13.3. The number of likely N-dealkylation sites (tertiary alicyclic amines) is 1. The van der Waals surface area contributed by atoms with Crippen molar-refractivity contribution in [2.45, 2.75) is 24.8 Å². The molecule has 0 radical (unpaired) electrons. The van der Waals surface area contributed by atoms with E-state index in [1.165, 1.54) is 23.0 Å². The molecule has 44 heavy (non-hydrogen) atoms.